The molecule has 3 rings (SSSR count). The molecule has 0 N–H and O–H groups in total. The fourth-order valence-electron chi connectivity index (χ4n) is 2.33. The lowest BCUT2D eigenvalue weighted by atomic mass is 10.1. The van der Waals surface area contributed by atoms with Crippen LogP contribution in [0.15, 0.2) is 41.2 Å². The van der Waals surface area contributed by atoms with Gasteiger partial charge >= 0.3 is 5.69 Å². The Hall–Kier alpha value is -2.67. The number of tetrazole rings is 1. The molecule has 1 aromatic heterocycles. The molecule has 0 radical (unpaired) electrons. The largest absolute Gasteiger partial charge is 0.488 e. The van der Waals surface area contributed by atoms with E-state index >= 15 is 0 Å². The van der Waals surface area contributed by atoms with E-state index in [1.54, 1.807) is 25.2 Å². The summed E-state index contributed by atoms with van der Waals surface area (Å²) in [5, 5.41) is 16.7. The van der Waals surface area contributed by atoms with E-state index in [1.165, 1.54) is 9.36 Å². The first-order chi connectivity index (χ1) is 12.0. The number of nitriles is 1. The van der Waals surface area contributed by atoms with E-state index in [1.807, 2.05) is 25.1 Å². The third kappa shape index (κ3) is 3.41. The predicted molar refractivity (Wildman–Crippen MR) is 99.5 cm³/mol. The summed E-state index contributed by atoms with van der Waals surface area (Å²) in [6.45, 7) is 2.16. The van der Waals surface area contributed by atoms with Gasteiger partial charge in [0.2, 0.25) is 0 Å². The molecule has 0 aliphatic heterocycles. The van der Waals surface area contributed by atoms with Crippen molar-refractivity contribution in [2.75, 3.05) is 0 Å². The molecular weight excluding hydrogens is 433 g/mol. The molecule has 0 spiro atoms. The molecule has 0 amide bonds. The number of benzene rings is 2. The van der Waals surface area contributed by atoms with Crippen LogP contribution in [0.2, 0.25) is 0 Å². The van der Waals surface area contributed by atoms with E-state index in [0.29, 0.717) is 17.0 Å². The van der Waals surface area contributed by atoms with Crippen molar-refractivity contribution in [2.24, 2.45) is 7.05 Å². The highest BCUT2D eigenvalue weighted by Crippen LogP contribution is 2.24. The maximum atomic E-state index is 12.2. The molecule has 0 aliphatic rings. The molecule has 0 atom stereocenters. The Balaban J connectivity index is 1.98. The first kappa shape index (κ1) is 17.2. The molecule has 0 bridgehead atoms. The summed E-state index contributed by atoms with van der Waals surface area (Å²) in [7, 11) is 1.55. The standard InChI is InChI=1S/C17H14IN5O2/c1-11-6-7-12(9-19)8-16(11)25-10-13-14(18)4-3-5-15(13)23-17(24)22(2)20-21-23/h3-8H,10H2,1-2H3. The molecule has 8 heteroatoms. The fraction of sp³-hybridized carbons (Fsp3) is 0.176. The van der Waals surface area contributed by atoms with Crippen molar-refractivity contribution in [2.45, 2.75) is 13.5 Å². The minimum Gasteiger partial charge on any atom is -0.488 e. The highest BCUT2D eigenvalue weighted by Gasteiger charge is 2.14. The predicted octanol–water partition coefficient (Wildman–Crippen LogP) is 2.33. The van der Waals surface area contributed by atoms with Gasteiger partial charge < -0.3 is 4.74 Å². The van der Waals surface area contributed by atoms with Crippen molar-refractivity contribution in [1.82, 2.24) is 19.8 Å². The van der Waals surface area contributed by atoms with Crippen molar-refractivity contribution in [1.29, 1.82) is 5.26 Å². The number of ether oxygens (including phenoxy) is 1. The van der Waals surface area contributed by atoms with Gasteiger partial charge in [0.1, 0.15) is 12.4 Å². The Labute approximate surface area is 157 Å². The van der Waals surface area contributed by atoms with Gasteiger partial charge in [0.15, 0.2) is 0 Å². The van der Waals surface area contributed by atoms with Crippen LogP contribution in [0.4, 0.5) is 0 Å². The maximum Gasteiger partial charge on any atom is 0.368 e. The Bertz CT molecular complexity index is 1030. The van der Waals surface area contributed by atoms with Crippen LogP contribution in [0.1, 0.15) is 16.7 Å². The number of halogens is 1. The zero-order chi connectivity index (χ0) is 18.0. The number of hydrogen-bond donors (Lipinski definition) is 0. The number of hydrogen-bond acceptors (Lipinski definition) is 5. The smallest absolute Gasteiger partial charge is 0.368 e. The molecule has 0 saturated heterocycles. The molecule has 126 valence electrons. The number of rotatable bonds is 4. The summed E-state index contributed by atoms with van der Waals surface area (Å²) in [6.07, 6.45) is 0. The SMILES string of the molecule is Cc1ccc(C#N)cc1OCc1c(I)cccc1-n1nnn(C)c1=O. The Morgan fingerprint density at radius 2 is 2.08 bits per heavy atom. The second-order valence-corrected chi connectivity index (χ2v) is 6.58. The lowest BCUT2D eigenvalue weighted by molar-refractivity contribution is 0.302. The van der Waals surface area contributed by atoms with E-state index in [4.69, 9.17) is 10.00 Å². The van der Waals surface area contributed by atoms with Crippen LogP contribution in [-0.4, -0.2) is 19.8 Å². The highest BCUT2D eigenvalue weighted by atomic mass is 127. The van der Waals surface area contributed by atoms with Crippen LogP contribution in [0.3, 0.4) is 0 Å². The van der Waals surface area contributed by atoms with E-state index < -0.39 is 0 Å². The minimum atomic E-state index is -0.328. The molecule has 0 saturated carbocycles. The molecule has 0 aliphatic carbocycles. The summed E-state index contributed by atoms with van der Waals surface area (Å²) >= 11 is 2.19. The van der Waals surface area contributed by atoms with Crippen molar-refractivity contribution >= 4 is 22.6 Å². The van der Waals surface area contributed by atoms with E-state index in [0.717, 1.165) is 14.7 Å². The van der Waals surface area contributed by atoms with Gasteiger partial charge in [-0.05, 0) is 69.8 Å². The fourth-order valence-corrected chi connectivity index (χ4v) is 2.97. The number of aryl methyl sites for hydroxylation is 2. The van der Waals surface area contributed by atoms with Crippen LogP contribution in [0.25, 0.3) is 5.69 Å². The zero-order valence-electron chi connectivity index (χ0n) is 13.6. The van der Waals surface area contributed by atoms with Crippen LogP contribution < -0.4 is 10.4 Å². The average Bonchev–Trinajstić information content (AvgIpc) is 2.94. The van der Waals surface area contributed by atoms with Gasteiger partial charge in [-0.1, -0.05) is 12.1 Å². The molecule has 25 heavy (non-hydrogen) atoms. The van der Waals surface area contributed by atoms with Gasteiger partial charge in [-0.2, -0.15) is 14.6 Å². The lowest BCUT2D eigenvalue weighted by Gasteiger charge is -2.13. The molecular formula is C17H14IN5O2. The van der Waals surface area contributed by atoms with Gasteiger partial charge in [0, 0.05) is 16.2 Å². The number of aromatic nitrogens is 4. The van der Waals surface area contributed by atoms with Crippen molar-refractivity contribution in [3.63, 3.8) is 0 Å². The molecule has 2 aromatic carbocycles. The van der Waals surface area contributed by atoms with E-state index in [-0.39, 0.29) is 12.3 Å². The van der Waals surface area contributed by atoms with Gasteiger partial charge in [0.05, 0.1) is 17.3 Å². The Kier molecular flexibility index (Phi) is 4.85. The summed E-state index contributed by atoms with van der Waals surface area (Å²) in [5.74, 6) is 0.635. The minimum absolute atomic E-state index is 0.243. The van der Waals surface area contributed by atoms with E-state index in [2.05, 4.69) is 39.1 Å². The summed E-state index contributed by atoms with van der Waals surface area (Å²) in [4.78, 5) is 12.2. The third-order valence-corrected chi connectivity index (χ3v) is 4.74. The van der Waals surface area contributed by atoms with Crippen LogP contribution in [0, 0.1) is 21.8 Å². The van der Waals surface area contributed by atoms with Crippen molar-refractivity contribution < 1.29 is 4.74 Å². The summed E-state index contributed by atoms with van der Waals surface area (Å²) in [6, 6.07) is 13.0. The number of nitrogens with zero attached hydrogens (tertiary/aromatic N) is 5. The van der Waals surface area contributed by atoms with Crippen LogP contribution in [0.5, 0.6) is 5.75 Å². The quantitative estimate of drug-likeness (QED) is 0.574. The van der Waals surface area contributed by atoms with E-state index in [9.17, 15) is 4.79 Å². The first-order valence-electron chi connectivity index (χ1n) is 7.41. The first-order valence-corrected chi connectivity index (χ1v) is 8.49. The van der Waals surface area contributed by atoms with Gasteiger partial charge in [0.25, 0.3) is 0 Å². The third-order valence-electron chi connectivity index (χ3n) is 3.73. The van der Waals surface area contributed by atoms with Gasteiger partial charge in [-0.3, -0.25) is 0 Å². The maximum absolute atomic E-state index is 12.2. The topological polar surface area (TPSA) is 85.7 Å². The zero-order valence-corrected chi connectivity index (χ0v) is 15.8. The summed E-state index contributed by atoms with van der Waals surface area (Å²) < 4.78 is 9.30. The monoisotopic (exact) mass is 447 g/mol. The normalized spacial score (nSPS) is 10.5. The summed E-state index contributed by atoms with van der Waals surface area (Å²) in [5.41, 5.74) is 2.59. The lowest BCUT2D eigenvalue weighted by Crippen LogP contribution is -2.23. The second-order valence-electron chi connectivity index (χ2n) is 5.42. The molecule has 0 unspecified atom stereocenters. The van der Waals surface area contributed by atoms with Crippen LogP contribution in [-0.2, 0) is 13.7 Å². The molecule has 7 nitrogen and oxygen atoms in total. The molecule has 3 aromatic rings. The van der Waals surface area contributed by atoms with Gasteiger partial charge in [-0.15, -0.1) is 0 Å². The molecule has 1 heterocycles. The Morgan fingerprint density at radius 3 is 2.76 bits per heavy atom. The van der Waals surface area contributed by atoms with Crippen molar-refractivity contribution in [3.8, 4) is 17.5 Å². The van der Waals surface area contributed by atoms with Crippen LogP contribution >= 0.6 is 22.6 Å². The average molecular weight is 447 g/mol. The van der Waals surface area contributed by atoms with Crippen molar-refractivity contribution in [3.05, 3.63) is 67.1 Å². The van der Waals surface area contributed by atoms with Gasteiger partial charge in [-0.25, -0.2) is 4.79 Å². The second kappa shape index (κ2) is 7.06. The highest BCUT2D eigenvalue weighted by molar-refractivity contribution is 14.1. The molecule has 0 fully saturated rings. The Morgan fingerprint density at radius 1 is 1.28 bits per heavy atom.